The van der Waals surface area contributed by atoms with Crippen LogP contribution >= 0.6 is 0 Å². The van der Waals surface area contributed by atoms with E-state index in [2.05, 4.69) is 15.0 Å². The van der Waals surface area contributed by atoms with Crippen LogP contribution in [0.5, 0.6) is 11.5 Å². The minimum absolute atomic E-state index is 0. The van der Waals surface area contributed by atoms with Gasteiger partial charge in [-0.05, 0) is 84.5 Å². The molecule has 5 heterocycles. The second-order valence-electron chi connectivity index (χ2n) is 7.83. The second kappa shape index (κ2) is 8.19. The molecule has 0 saturated heterocycles. The van der Waals surface area contributed by atoms with Gasteiger partial charge in [0.25, 0.3) is 0 Å². The molecule has 6 nitrogen and oxygen atoms in total. The predicted octanol–water partition coefficient (Wildman–Crippen LogP) is 5.73. The number of phenolic OH excluding ortho intramolecular Hbond substituents is 2. The smallest absolute Gasteiger partial charge is 0.119 e. The number of phenols is 2. The maximum absolute atomic E-state index is 9.99. The Hall–Kier alpha value is -3.96. The molecule has 0 fully saturated rings. The van der Waals surface area contributed by atoms with Crippen LogP contribution in [0, 0.1) is 0 Å². The Kier molecular flexibility index (Phi) is 5.19. The number of aromatic hydroxyl groups is 2. The van der Waals surface area contributed by atoms with Crippen molar-refractivity contribution in [2.24, 2.45) is 0 Å². The Morgan fingerprint density at radius 1 is 0.545 bits per heavy atom. The van der Waals surface area contributed by atoms with Gasteiger partial charge in [0.1, 0.15) is 11.5 Å². The number of fused-ring (bicyclic) bond motifs is 8. The van der Waals surface area contributed by atoms with Gasteiger partial charge in [-0.1, -0.05) is 0 Å². The summed E-state index contributed by atoms with van der Waals surface area (Å²) >= 11 is 0. The number of nitrogens with zero attached hydrogens (tertiary/aromatic N) is 2. The molecule has 8 bridgehead atoms. The molecule has 156 valence electrons. The largest absolute Gasteiger partial charge is 0.508 e. The minimum Gasteiger partial charge on any atom is -0.508 e. The average Bonchev–Trinajstić information content (AvgIpc) is 3.52. The molecule has 0 atom stereocenters. The Morgan fingerprint density at radius 2 is 1.06 bits per heavy atom. The third-order valence-corrected chi connectivity index (χ3v) is 5.38. The van der Waals surface area contributed by atoms with Gasteiger partial charge in [0.05, 0.1) is 22.8 Å². The molecular formula is C26H18N4O2Zn. The van der Waals surface area contributed by atoms with Gasteiger partial charge < -0.3 is 20.2 Å². The van der Waals surface area contributed by atoms with Crippen molar-refractivity contribution in [2.45, 2.75) is 0 Å². The standard InChI is InChI=1S/C26H18N4O2.Zn/c31-23-7-15(8-24(32)14-23)25-12-22-11-20-4-3-18(28-20)9-16-1-2-17(27-16)10-19-5-6-21(29-19)13-26(25)30-22;/h1-14,27,30-32H;. The number of rotatable bonds is 1. The van der Waals surface area contributed by atoms with Gasteiger partial charge in [-0.15, -0.1) is 0 Å². The number of aromatic nitrogens is 4. The zero-order chi connectivity index (χ0) is 21.7. The van der Waals surface area contributed by atoms with Crippen LogP contribution in [0.3, 0.4) is 0 Å². The average molecular weight is 484 g/mol. The molecule has 33 heavy (non-hydrogen) atoms. The van der Waals surface area contributed by atoms with E-state index in [1.807, 2.05) is 66.8 Å². The third kappa shape index (κ3) is 4.23. The summed E-state index contributed by atoms with van der Waals surface area (Å²) in [6.45, 7) is 0. The van der Waals surface area contributed by atoms with Gasteiger partial charge in [-0.2, -0.15) is 0 Å². The number of nitrogens with one attached hydrogen (secondary N) is 2. The van der Waals surface area contributed by atoms with Crippen LogP contribution in [0.4, 0.5) is 0 Å². The summed E-state index contributed by atoms with van der Waals surface area (Å²) in [6, 6.07) is 18.5. The Balaban J connectivity index is 0.00000228. The molecule has 3 aromatic heterocycles. The number of hydrogen-bond donors (Lipinski definition) is 4. The van der Waals surface area contributed by atoms with E-state index in [1.54, 1.807) is 12.1 Å². The number of aromatic amines is 2. The van der Waals surface area contributed by atoms with E-state index in [9.17, 15) is 10.2 Å². The number of benzene rings is 1. The molecule has 0 radical (unpaired) electrons. The first-order valence-electron chi connectivity index (χ1n) is 10.2. The van der Waals surface area contributed by atoms with Crippen molar-refractivity contribution in [1.82, 2.24) is 19.9 Å². The topological polar surface area (TPSA) is 97.8 Å². The summed E-state index contributed by atoms with van der Waals surface area (Å²) in [5.74, 6) is 0.00446. The molecule has 4 aromatic rings. The van der Waals surface area contributed by atoms with Gasteiger partial charge >= 0.3 is 0 Å². The SMILES string of the molecule is Oc1cc(O)cc(-c2cc3cc4nc(cc5ccc(cc6nc(cc2[nH]3)C=C6)[nH]5)C=C4)c1.[Zn]. The van der Waals surface area contributed by atoms with Crippen LogP contribution in [0.2, 0.25) is 0 Å². The van der Waals surface area contributed by atoms with Crippen molar-refractivity contribution in [3.8, 4) is 22.6 Å². The fourth-order valence-electron chi connectivity index (χ4n) is 4.01. The predicted molar refractivity (Wildman–Crippen MR) is 128 cm³/mol. The first kappa shape index (κ1) is 20.9. The molecule has 2 aliphatic heterocycles. The summed E-state index contributed by atoms with van der Waals surface area (Å²) < 4.78 is 0. The molecule has 0 spiro atoms. The summed E-state index contributed by atoms with van der Waals surface area (Å²) in [4.78, 5) is 16.2. The van der Waals surface area contributed by atoms with Crippen molar-refractivity contribution in [3.05, 3.63) is 83.4 Å². The summed E-state index contributed by atoms with van der Waals surface area (Å²) in [6.07, 6.45) is 7.87. The summed E-state index contributed by atoms with van der Waals surface area (Å²) in [5.41, 5.74) is 8.48. The van der Waals surface area contributed by atoms with E-state index in [0.29, 0.717) is 5.56 Å². The zero-order valence-electron chi connectivity index (χ0n) is 17.6. The van der Waals surface area contributed by atoms with E-state index in [1.165, 1.54) is 6.07 Å². The van der Waals surface area contributed by atoms with Crippen LogP contribution in [0.15, 0.2) is 60.7 Å². The van der Waals surface area contributed by atoms with Crippen LogP contribution in [-0.2, 0) is 19.5 Å². The van der Waals surface area contributed by atoms with E-state index in [0.717, 1.165) is 50.4 Å². The van der Waals surface area contributed by atoms with Gasteiger partial charge in [0.2, 0.25) is 0 Å². The summed E-state index contributed by atoms with van der Waals surface area (Å²) in [5, 5.41) is 20.0. The maximum Gasteiger partial charge on any atom is 0.119 e. The zero-order valence-corrected chi connectivity index (χ0v) is 20.5. The number of H-pyrrole nitrogens is 2. The van der Waals surface area contributed by atoms with Gasteiger partial charge in [-0.25, -0.2) is 9.97 Å². The fourth-order valence-corrected chi connectivity index (χ4v) is 4.01. The van der Waals surface area contributed by atoms with Crippen LogP contribution in [0.1, 0.15) is 22.8 Å². The van der Waals surface area contributed by atoms with Crippen molar-refractivity contribution in [2.75, 3.05) is 0 Å². The maximum atomic E-state index is 9.99. The quantitative estimate of drug-likeness (QED) is 0.224. The fraction of sp³-hybridized carbons (Fsp3) is 0. The van der Waals surface area contributed by atoms with Crippen molar-refractivity contribution >= 4 is 46.4 Å². The van der Waals surface area contributed by atoms with Gasteiger partial charge in [0.15, 0.2) is 0 Å². The molecule has 4 N–H and O–H groups in total. The molecule has 0 saturated carbocycles. The molecule has 0 unspecified atom stereocenters. The third-order valence-electron chi connectivity index (χ3n) is 5.38. The second-order valence-corrected chi connectivity index (χ2v) is 7.83. The van der Waals surface area contributed by atoms with E-state index in [4.69, 9.17) is 4.98 Å². The van der Waals surface area contributed by atoms with E-state index in [-0.39, 0.29) is 31.0 Å². The molecule has 0 amide bonds. The van der Waals surface area contributed by atoms with E-state index >= 15 is 0 Å². The van der Waals surface area contributed by atoms with Crippen molar-refractivity contribution in [3.63, 3.8) is 0 Å². The first-order chi connectivity index (χ1) is 15.6. The van der Waals surface area contributed by atoms with Gasteiger partial charge in [-0.3, -0.25) is 0 Å². The van der Waals surface area contributed by atoms with Crippen LogP contribution < -0.4 is 0 Å². The molecular weight excluding hydrogens is 466 g/mol. The molecule has 0 aliphatic carbocycles. The monoisotopic (exact) mass is 482 g/mol. The van der Waals surface area contributed by atoms with Crippen LogP contribution in [0.25, 0.3) is 57.5 Å². The summed E-state index contributed by atoms with van der Waals surface area (Å²) in [7, 11) is 0. The molecule has 7 heteroatoms. The molecule has 6 rings (SSSR count). The van der Waals surface area contributed by atoms with Crippen molar-refractivity contribution in [1.29, 1.82) is 0 Å². The Labute approximate surface area is 201 Å². The molecule has 1 aromatic carbocycles. The number of hydrogen-bond acceptors (Lipinski definition) is 4. The normalized spacial score (nSPS) is 12.0. The van der Waals surface area contributed by atoms with Gasteiger partial charge in [0, 0.05) is 53.2 Å². The van der Waals surface area contributed by atoms with E-state index < -0.39 is 0 Å². The molecule has 2 aliphatic rings. The van der Waals surface area contributed by atoms with Crippen molar-refractivity contribution < 1.29 is 29.7 Å². The Bertz CT molecular complexity index is 1590. The van der Waals surface area contributed by atoms with Crippen LogP contribution in [-0.4, -0.2) is 30.1 Å². The Morgan fingerprint density at radius 3 is 1.64 bits per heavy atom. The first-order valence-corrected chi connectivity index (χ1v) is 10.2. The minimum atomic E-state index is 0.